The fourth-order valence-electron chi connectivity index (χ4n) is 3.50. The maximum Gasteiger partial charge on any atom is 0.273 e. The highest BCUT2D eigenvalue weighted by atomic mass is 16.7. The van der Waals surface area contributed by atoms with E-state index in [1.165, 1.54) is 11.8 Å². The van der Waals surface area contributed by atoms with Crippen molar-refractivity contribution in [2.45, 2.75) is 46.4 Å². The number of hydrogen-bond donors (Lipinski definition) is 1. The van der Waals surface area contributed by atoms with Crippen LogP contribution in [0.15, 0.2) is 53.1 Å². The molecule has 3 aromatic rings. The van der Waals surface area contributed by atoms with Crippen molar-refractivity contribution in [1.82, 2.24) is 15.2 Å². The lowest BCUT2D eigenvalue weighted by molar-refractivity contribution is 0.0945. The molecule has 0 atom stereocenters. The first-order valence-electron chi connectivity index (χ1n) is 11.1. The van der Waals surface area contributed by atoms with E-state index in [0.717, 1.165) is 17.9 Å². The SMILES string of the molecule is CCOc1ccc(CN(Cc2nc(C(=O)NCc3ccc4c(c3)OCO4)co2)C(C)C)cc1. The number of aromatic nitrogens is 1. The van der Waals surface area contributed by atoms with Crippen LogP contribution < -0.4 is 19.5 Å². The molecule has 1 aromatic heterocycles. The quantitative estimate of drug-likeness (QED) is 0.496. The van der Waals surface area contributed by atoms with E-state index in [-0.39, 0.29) is 24.4 Å². The zero-order valence-electron chi connectivity index (χ0n) is 19.2. The topological polar surface area (TPSA) is 86.1 Å². The maximum absolute atomic E-state index is 12.5. The van der Waals surface area contributed by atoms with Crippen molar-refractivity contribution < 1.29 is 23.4 Å². The lowest BCUT2D eigenvalue weighted by Gasteiger charge is -2.25. The van der Waals surface area contributed by atoms with E-state index < -0.39 is 0 Å². The van der Waals surface area contributed by atoms with Crippen LogP contribution in [0.5, 0.6) is 17.2 Å². The number of amides is 1. The summed E-state index contributed by atoms with van der Waals surface area (Å²) in [5.74, 6) is 2.48. The normalized spacial score (nSPS) is 12.4. The third-order valence-corrected chi connectivity index (χ3v) is 5.36. The van der Waals surface area contributed by atoms with Gasteiger partial charge < -0.3 is 23.9 Å². The van der Waals surface area contributed by atoms with Crippen LogP contribution in [0.2, 0.25) is 0 Å². The molecule has 1 aliphatic rings. The van der Waals surface area contributed by atoms with Gasteiger partial charge in [-0.05, 0) is 56.2 Å². The van der Waals surface area contributed by atoms with Gasteiger partial charge in [-0.15, -0.1) is 0 Å². The van der Waals surface area contributed by atoms with Gasteiger partial charge in [-0.1, -0.05) is 18.2 Å². The summed E-state index contributed by atoms with van der Waals surface area (Å²) in [6.45, 7) is 8.67. The van der Waals surface area contributed by atoms with Crippen LogP contribution >= 0.6 is 0 Å². The lowest BCUT2D eigenvalue weighted by Crippen LogP contribution is -2.30. The zero-order valence-corrected chi connectivity index (χ0v) is 19.2. The second-order valence-corrected chi connectivity index (χ2v) is 8.07. The highest BCUT2D eigenvalue weighted by molar-refractivity contribution is 5.91. The summed E-state index contributed by atoms with van der Waals surface area (Å²) < 4.78 is 21.8. The van der Waals surface area contributed by atoms with Crippen LogP contribution in [0.1, 0.15) is 48.3 Å². The second-order valence-electron chi connectivity index (χ2n) is 8.07. The van der Waals surface area contributed by atoms with Gasteiger partial charge >= 0.3 is 0 Å². The summed E-state index contributed by atoms with van der Waals surface area (Å²) in [6, 6.07) is 13.9. The minimum atomic E-state index is -0.287. The van der Waals surface area contributed by atoms with Gasteiger partial charge in [0.05, 0.1) is 13.2 Å². The molecule has 0 radical (unpaired) electrons. The Labute approximate surface area is 193 Å². The van der Waals surface area contributed by atoms with Crippen LogP contribution in [0.3, 0.4) is 0 Å². The van der Waals surface area contributed by atoms with Crippen molar-refractivity contribution in [1.29, 1.82) is 0 Å². The van der Waals surface area contributed by atoms with Crippen LogP contribution in [0, 0.1) is 0 Å². The summed E-state index contributed by atoms with van der Waals surface area (Å²) in [4.78, 5) is 19.2. The van der Waals surface area contributed by atoms with Crippen LogP contribution in [-0.4, -0.2) is 35.2 Å². The summed E-state index contributed by atoms with van der Waals surface area (Å²) >= 11 is 0. The molecule has 0 saturated heterocycles. The number of ether oxygens (including phenoxy) is 3. The highest BCUT2D eigenvalue weighted by Crippen LogP contribution is 2.32. The van der Waals surface area contributed by atoms with E-state index in [4.69, 9.17) is 18.6 Å². The molecule has 0 spiro atoms. The standard InChI is InChI=1S/C25H29N3O5/c1-4-30-20-8-5-18(6-9-20)13-28(17(2)3)14-24-27-21(15-31-24)25(29)26-12-19-7-10-22-23(11-19)33-16-32-22/h5-11,15,17H,4,12-14,16H2,1-3H3,(H,26,29). The molecular weight excluding hydrogens is 422 g/mol. The number of carbonyl (C=O) groups excluding carboxylic acids is 1. The molecule has 2 heterocycles. The predicted molar refractivity (Wildman–Crippen MR) is 122 cm³/mol. The van der Waals surface area contributed by atoms with Crippen molar-refractivity contribution in [2.24, 2.45) is 0 Å². The number of nitrogens with one attached hydrogen (secondary N) is 1. The van der Waals surface area contributed by atoms with Gasteiger partial charge in [0.25, 0.3) is 5.91 Å². The molecular formula is C25H29N3O5. The molecule has 0 aliphatic carbocycles. The van der Waals surface area contributed by atoms with Crippen molar-refractivity contribution in [3.63, 3.8) is 0 Å². The third-order valence-electron chi connectivity index (χ3n) is 5.36. The molecule has 0 fully saturated rings. The second kappa shape index (κ2) is 10.4. The maximum atomic E-state index is 12.5. The van der Waals surface area contributed by atoms with Gasteiger partial charge in [0.2, 0.25) is 12.7 Å². The predicted octanol–water partition coefficient (Wildman–Crippen LogP) is 4.14. The Bertz CT molecular complexity index is 1080. The molecule has 174 valence electrons. The molecule has 0 bridgehead atoms. The first-order valence-corrected chi connectivity index (χ1v) is 11.1. The average Bonchev–Trinajstić information content (AvgIpc) is 3.47. The van der Waals surface area contributed by atoms with Gasteiger partial charge in [0.1, 0.15) is 12.0 Å². The van der Waals surface area contributed by atoms with Gasteiger partial charge in [0, 0.05) is 19.1 Å². The van der Waals surface area contributed by atoms with E-state index in [2.05, 4.69) is 41.2 Å². The Hall–Kier alpha value is -3.52. The number of oxazole rings is 1. The molecule has 8 nitrogen and oxygen atoms in total. The number of benzene rings is 2. The Morgan fingerprint density at radius 3 is 2.61 bits per heavy atom. The summed E-state index contributed by atoms with van der Waals surface area (Å²) in [5.41, 5.74) is 2.34. The van der Waals surface area contributed by atoms with E-state index in [0.29, 0.717) is 37.1 Å². The van der Waals surface area contributed by atoms with Gasteiger partial charge in [-0.3, -0.25) is 9.69 Å². The van der Waals surface area contributed by atoms with Gasteiger partial charge in [-0.25, -0.2) is 4.98 Å². The number of carbonyl (C=O) groups is 1. The van der Waals surface area contributed by atoms with Gasteiger partial charge in [0.15, 0.2) is 17.2 Å². The lowest BCUT2D eigenvalue weighted by atomic mass is 10.2. The number of fused-ring (bicyclic) bond motifs is 1. The number of nitrogens with zero attached hydrogens (tertiary/aromatic N) is 2. The largest absolute Gasteiger partial charge is 0.494 e. The molecule has 33 heavy (non-hydrogen) atoms. The molecule has 1 N–H and O–H groups in total. The minimum absolute atomic E-state index is 0.221. The number of hydrogen-bond acceptors (Lipinski definition) is 7. The van der Waals surface area contributed by atoms with Crippen LogP contribution in [-0.2, 0) is 19.6 Å². The third kappa shape index (κ3) is 5.84. The first-order chi connectivity index (χ1) is 16.0. The number of rotatable bonds is 10. The smallest absolute Gasteiger partial charge is 0.273 e. The van der Waals surface area contributed by atoms with E-state index in [1.54, 1.807) is 0 Å². The fraction of sp³-hybridized carbons (Fsp3) is 0.360. The molecule has 4 rings (SSSR count). The Morgan fingerprint density at radius 2 is 1.85 bits per heavy atom. The first kappa shape index (κ1) is 22.7. The average molecular weight is 452 g/mol. The van der Waals surface area contributed by atoms with Crippen molar-refractivity contribution in [3.05, 3.63) is 71.4 Å². The molecule has 1 aliphatic heterocycles. The zero-order chi connectivity index (χ0) is 23.2. The van der Waals surface area contributed by atoms with E-state index in [1.807, 2.05) is 37.3 Å². The Balaban J connectivity index is 1.33. The van der Waals surface area contributed by atoms with Crippen LogP contribution in [0.4, 0.5) is 0 Å². The van der Waals surface area contributed by atoms with Crippen molar-refractivity contribution in [2.75, 3.05) is 13.4 Å². The fourth-order valence-corrected chi connectivity index (χ4v) is 3.50. The molecule has 0 unspecified atom stereocenters. The Kier molecular flexibility index (Phi) is 7.14. The highest BCUT2D eigenvalue weighted by Gasteiger charge is 2.18. The molecule has 8 heteroatoms. The van der Waals surface area contributed by atoms with Crippen molar-refractivity contribution in [3.8, 4) is 17.2 Å². The molecule has 1 amide bonds. The van der Waals surface area contributed by atoms with E-state index in [9.17, 15) is 4.79 Å². The summed E-state index contributed by atoms with van der Waals surface area (Å²) in [5, 5.41) is 2.87. The summed E-state index contributed by atoms with van der Waals surface area (Å²) in [7, 11) is 0. The van der Waals surface area contributed by atoms with Crippen LogP contribution in [0.25, 0.3) is 0 Å². The van der Waals surface area contributed by atoms with E-state index >= 15 is 0 Å². The van der Waals surface area contributed by atoms with Gasteiger partial charge in [-0.2, -0.15) is 0 Å². The molecule has 2 aromatic carbocycles. The monoisotopic (exact) mass is 451 g/mol. The minimum Gasteiger partial charge on any atom is -0.494 e. The molecule has 0 saturated carbocycles. The van der Waals surface area contributed by atoms with Crippen molar-refractivity contribution >= 4 is 5.91 Å². The summed E-state index contributed by atoms with van der Waals surface area (Å²) in [6.07, 6.45) is 1.40. The Morgan fingerprint density at radius 1 is 1.09 bits per heavy atom.